The normalized spacial score (nSPS) is 40.5. The second-order valence-electron chi connectivity index (χ2n) is 3.60. The topological polar surface area (TPSA) is 21.3 Å². The van der Waals surface area contributed by atoms with Crippen molar-refractivity contribution in [3.05, 3.63) is 0 Å². The van der Waals surface area contributed by atoms with Gasteiger partial charge in [-0.25, -0.2) is 0 Å². The predicted octanol–water partition coefficient (Wildman–Crippen LogP) is 1.26. The van der Waals surface area contributed by atoms with Crippen LogP contribution in [0, 0.1) is 0 Å². The maximum absolute atomic E-state index is 5.58. The monoisotopic (exact) mass is 141 g/mol. The van der Waals surface area contributed by atoms with Gasteiger partial charge in [0.15, 0.2) is 0 Å². The molecule has 1 saturated carbocycles. The van der Waals surface area contributed by atoms with Gasteiger partial charge in [0.2, 0.25) is 0 Å². The van der Waals surface area contributed by atoms with Crippen molar-refractivity contribution in [3.63, 3.8) is 0 Å². The third-order valence-electron chi connectivity index (χ3n) is 2.31. The lowest BCUT2D eigenvalue weighted by molar-refractivity contribution is -0.0101. The summed E-state index contributed by atoms with van der Waals surface area (Å²) in [7, 11) is 0. The van der Waals surface area contributed by atoms with Gasteiger partial charge in [-0.2, -0.15) is 0 Å². The van der Waals surface area contributed by atoms with E-state index >= 15 is 0 Å². The Morgan fingerprint density at radius 3 is 2.80 bits per heavy atom. The average Bonchev–Trinajstić information content (AvgIpc) is 2.56. The van der Waals surface area contributed by atoms with E-state index in [4.69, 9.17) is 4.74 Å². The van der Waals surface area contributed by atoms with Crippen LogP contribution in [0.4, 0.5) is 0 Å². The van der Waals surface area contributed by atoms with Crippen molar-refractivity contribution >= 4 is 0 Å². The van der Waals surface area contributed by atoms with Gasteiger partial charge in [0.05, 0.1) is 0 Å². The molecule has 0 spiro atoms. The van der Waals surface area contributed by atoms with Gasteiger partial charge in [0.25, 0.3) is 0 Å². The fourth-order valence-electron chi connectivity index (χ4n) is 1.55. The fraction of sp³-hybridized carbons (Fsp3) is 1.00. The smallest absolute Gasteiger partial charge is 0.116 e. The van der Waals surface area contributed by atoms with E-state index in [9.17, 15) is 0 Å². The van der Waals surface area contributed by atoms with E-state index < -0.39 is 0 Å². The van der Waals surface area contributed by atoms with Crippen molar-refractivity contribution in [1.82, 2.24) is 5.32 Å². The Hall–Kier alpha value is -0.0800. The molecule has 1 heterocycles. The summed E-state index contributed by atoms with van der Waals surface area (Å²) in [5.74, 6) is 0. The molecule has 0 aromatic carbocycles. The number of hydrogen-bond donors (Lipinski definition) is 1. The molecule has 2 rings (SSSR count). The molecule has 1 saturated heterocycles. The lowest BCUT2D eigenvalue weighted by Crippen LogP contribution is -2.42. The van der Waals surface area contributed by atoms with Gasteiger partial charge in [-0.3, -0.25) is 5.32 Å². The summed E-state index contributed by atoms with van der Waals surface area (Å²) in [6.07, 6.45) is 5.09. The maximum atomic E-state index is 5.58. The van der Waals surface area contributed by atoms with Crippen molar-refractivity contribution in [1.29, 1.82) is 0 Å². The molecule has 2 heteroatoms. The highest BCUT2D eigenvalue weighted by molar-refractivity contribution is 4.89. The van der Waals surface area contributed by atoms with Crippen LogP contribution in [0.2, 0.25) is 0 Å². The first kappa shape index (κ1) is 6.62. The molecule has 0 radical (unpaired) electrons. The van der Waals surface area contributed by atoms with Crippen LogP contribution in [0.5, 0.6) is 0 Å². The van der Waals surface area contributed by atoms with E-state index in [1.165, 1.54) is 25.7 Å². The third-order valence-corrected chi connectivity index (χ3v) is 2.31. The highest BCUT2D eigenvalue weighted by Gasteiger charge is 2.35. The van der Waals surface area contributed by atoms with Gasteiger partial charge in [-0.1, -0.05) is 0 Å². The van der Waals surface area contributed by atoms with Gasteiger partial charge in [-0.15, -0.1) is 0 Å². The van der Waals surface area contributed by atoms with E-state index in [-0.39, 0.29) is 5.72 Å². The Labute approximate surface area is 61.9 Å². The molecule has 0 aromatic heterocycles. The zero-order valence-corrected chi connectivity index (χ0v) is 6.52. The Morgan fingerprint density at radius 2 is 2.30 bits per heavy atom. The molecule has 2 aliphatic rings. The third kappa shape index (κ3) is 1.32. The van der Waals surface area contributed by atoms with Gasteiger partial charge < -0.3 is 4.74 Å². The summed E-state index contributed by atoms with van der Waals surface area (Å²) in [6.45, 7) is 3.11. The standard InChI is InChI=1S/C8H15NO/c1-8(5-2-6-10-8)9-7-3-4-7/h7,9H,2-6H2,1H3/t8-/m0/s1. The van der Waals surface area contributed by atoms with Gasteiger partial charge in [0, 0.05) is 12.6 Å². The van der Waals surface area contributed by atoms with Gasteiger partial charge >= 0.3 is 0 Å². The first-order valence-corrected chi connectivity index (χ1v) is 4.20. The van der Waals surface area contributed by atoms with Crippen LogP contribution in [-0.2, 0) is 4.74 Å². The van der Waals surface area contributed by atoms with Gasteiger partial charge in [0.1, 0.15) is 5.72 Å². The highest BCUT2D eigenvalue weighted by atomic mass is 16.5. The fourth-order valence-corrected chi connectivity index (χ4v) is 1.55. The molecular weight excluding hydrogens is 126 g/mol. The summed E-state index contributed by atoms with van der Waals surface area (Å²) in [4.78, 5) is 0. The average molecular weight is 141 g/mol. The minimum Gasteiger partial charge on any atom is -0.361 e. The van der Waals surface area contributed by atoms with Crippen LogP contribution in [0.1, 0.15) is 32.6 Å². The van der Waals surface area contributed by atoms with E-state index in [2.05, 4.69) is 12.2 Å². The SMILES string of the molecule is C[C@@]1(NC2CC2)CCCO1. The molecule has 2 nitrogen and oxygen atoms in total. The van der Waals surface area contributed by atoms with Crippen LogP contribution in [-0.4, -0.2) is 18.4 Å². The summed E-state index contributed by atoms with van der Waals surface area (Å²) >= 11 is 0. The second kappa shape index (κ2) is 2.21. The Kier molecular flexibility index (Phi) is 1.46. The molecule has 0 amide bonds. The van der Waals surface area contributed by atoms with Crippen LogP contribution >= 0.6 is 0 Å². The highest BCUT2D eigenvalue weighted by Crippen LogP contribution is 2.28. The second-order valence-corrected chi connectivity index (χ2v) is 3.60. The summed E-state index contributed by atoms with van der Waals surface area (Å²) < 4.78 is 5.58. The zero-order valence-electron chi connectivity index (χ0n) is 6.52. The van der Waals surface area contributed by atoms with Crippen molar-refractivity contribution in [2.75, 3.05) is 6.61 Å². The molecule has 1 aliphatic carbocycles. The maximum Gasteiger partial charge on any atom is 0.116 e. The minimum atomic E-state index is 0.0289. The molecule has 2 fully saturated rings. The molecule has 1 aliphatic heterocycles. The Morgan fingerprint density at radius 1 is 1.50 bits per heavy atom. The molecule has 58 valence electrons. The molecule has 1 N–H and O–H groups in total. The van der Waals surface area contributed by atoms with Crippen LogP contribution < -0.4 is 5.32 Å². The van der Waals surface area contributed by atoms with E-state index in [1.807, 2.05) is 0 Å². The van der Waals surface area contributed by atoms with E-state index in [1.54, 1.807) is 0 Å². The van der Waals surface area contributed by atoms with Crippen molar-refractivity contribution in [2.45, 2.75) is 44.4 Å². The summed E-state index contributed by atoms with van der Waals surface area (Å²) in [5.41, 5.74) is 0.0289. The zero-order chi connectivity index (χ0) is 7.03. The summed E-state index contributed by atoms with van der Waals surface area (Å²) in [5, 5.41) is 3.51. The molecule has 0 bridgehead atoms. The summed E-state index contributed by atoms with van der Waals surface area (Å²) in [6, 6.07) is 0.767. The van der Waals surface area contributed by atoms with Crippen LogP contribution in [0.3, 0.4) is 0 Å². The first-order valence-electron chi connectivity index (χ1n) is 4.20. The van der Waals surface area contributed by atoms with Crippen molar-refractivity contribution in [2.24, 2.45) is 0 Å². The molecular formula is C8H15NO. The number of nitrogens with one attached hydrogen (secondary N) is 1. The van der Waals surface area contributed by atoms with Crippen molar-refractivity contribution in [3.8, 4) is 0 Å². The Bertz CT molecular complexity index is 125. The molecule has 0 aromatic rings. The van der Waals surface area contributed by atoms with Crippen molar-refractivity contribution < 1.29 is 4.74 Å². The number of rotatable bonds is 2. The number of hydrogen-bond acceptors (Lipinski definition) is 2. The molecule has 0 unspecified atom stereocenters. The van der Waals surface area contributed by atoms with E-state index in [0.717, 1.165) is 12.6 Å². The lowest BCUT2D eigenvalue weighted by Gasteiger charge is -2.24. The van der Waals surface area contributed by atoms with Gasteiger partial charge in [-0.05, 0) is 32.6 Å². The Balaban J connectivity index is 1.86. The van der Waals surface area contributed by atoms with Crippen LogP contribution in [0.25, 0.3) is 0 Å². The largest absolute Gasteiger partial charge is 0.361 e. The first-order chi connectivity index (χ1) is 4.79. The number of ether oxygens (including phenoxy) is 1. The lowest BCUT2D eigenvalue weighted by atomic mass is 10.2. The molecule has 1 atom stereocenters. The van der Waals surface area contributed by atoms with Crippen LogP contribution in [0.15, 0.2) is 0 Å². The predicted molar refractivity (Wildman–Crippen MR) is 39.7 cm³/mol. The quantitative estimate of drug-likeness (QED) is 0.625. The minimum absolute atomic E-state index is 0.0289. The van der Waals surface area contributed by atoms with E-state index in [0.29, 0.717) is 0 Å². The molecule has 10 heavy (non-hydrogen) atoms.